The van der Waals surface area contributed by atoms with Gasteiger partial charge in [-0.3, -0.25) is 38.7 Å². The average molecular weight is 812 g/mol. The van der Waals surface area contributed by atoms with Crippen molar-refractivity contribution in [2.45, 2.75) is 174 Å². The lowest BCUT2D eigenvalue weighted by atomic mass is 9.85. The van der Waals surface area contributed by atoms with Crippen LogP contribution in [0.1, 0.15) is 142 Å². The second-order valence-electron chi connectivity index (χ2n) is 17.0. The Labute approximate surface area is 344 Å². The van der Waals surface area contributed by atoms with Crippen LogP contribution in [0.3, 0.4) is 0 Å². The van der Waals surface area contributed by atoms with E-state index in [0.717, 1.165) is 19.3 Å². The fourth-order valence-corrected chi connectivity index (χ4v) is 8.60. The van der Waals surface area contributed by atoms with E-state index in [4.69, 9.17) is 0 Å². The number of rotatable bonds is 13. The summed E-state index contributed by atoms with van der Waals surface area (Å²) in [7, 11) is 0. The van der Waals surface area contributed by atoms with E-state index in [2.05, 4.69) is 36.1 Å². The molecule has 3 aliphatic heterocycles. The molecule has 58 heavy (non-hydrogen) atoms. The van der Waals surface area contributed by atoms with E-state index in [1.807, 2.05) is 27.7 Å². The van der Waals surface area contributed by atoms with Crippen LogP contribution >= 0.6 is 0 Å². The van der Waals surface area contributed by atoms with E-state index < -0.39 is 71.4 Å². The topological polar surface area (TPSA) is 206 Å². The Morgan fingerprint density at radius 1 is 0.948 bits per heavy atom. The fraction of sp³-hybridized carbons (Fsp3) is 0.762. The first-order valence-electron chi connectivity index (χ1n) is 21.7. The molecule has 0 radical (unpaired) electrons. The van der Waals surface area contributed by atoms with Crippen molar-refractivity contribution < 1.29 is 33.9 Å². The van der Waals surface area contributed by atoms with Gasteiger partial charge < -0.3 is 36.2 Å². The lowest BCUT2D eigenvalue weighted by molar-refractivity contribution is -0.145. The van der Waals surface area contributed by atoms with E-state index in [1.165, 1.54) is 62.0 Å². The molecule has 6 atom stereocenters. The van der Waals surface area contributed by atoms with Crippen molar-refractivity contribution in [2.24, 2.45) is 5.41 Å². The number of likely N-dealkylation sites (N-methyl/N-ethyl adjacent to an activating group) is 1. The van der Waals surface area contributed by atoms with Gasteiger partial charge in [-0.2, -0.15) is 0 Å². The molecule has 6 rings (SSSR count). The Morgan fingerprint density at radius 2 is 1.60 bits per heavy atom. The van der Waals surface area contributed by atoms with Crippen molar-refractivity contribution in [3.05, 3.63) is 24.3 Å². The van der Waals surface area contributed by atoms with Crippen molar-refractivity contribution in [3.8, 4) is 0 Å². The largest absolute Gasteiger partial charge is 0.381 e. The summed E-state index contributed by atoms with van der Waals surface area (Å²) in [5.74, 6) is -2.88. The highest BCUT2D eigenvalue weighted by molar-refractivity contribution is 5.97. The molecule has 6 unspecified atom stereocenters. The average Bonchev–Trinajstić information content (AvgIpc) is 3.64. The molecule has 3 saturated heterocycles. The number of aromatic nitrogens is 2. The van der Waals surface area contributed by atoms with Crippen LogP contribution in [0.25, 0.3) is 0 Å². The highest BCUT2D eigenvalue weighted by Crippen LogP contribution is 2.46. The van der Waals surface area contributed by atoms with Crippen LogP contribution in [0.5, 0.6) is 0 Å². The second-order valence-corrected chi connectivity index (χ2v) is 17.0. The highest BCUT2D eigenvalue weighted by Gasteiger charge is 2.64. The maximum Gasteiger partial charge on any atom is 0.271 e. The van der Waals surface area contributed by atoms with Crippen LogP contribution in [-0.4, -0.2) is 133 Å². The predicted octanol–water partition coefficient (Wildman–Crippen LogP) is 2.65. The van der Waals surface area contributed by atoms with Gasteiger partial charge in [0.1, 0.15) is 23.4 Å². The Bertz CT molecular complexity index is 1550. The smallest absolute Gasteiger partial charge is 0.271 e. The molecule has 1 aromatic rings. The number of amides is 6. The molecule has 324 valence electrons. The first kappa shape index (κ1) is 46.5. The zero-order valence-corrected chi connectivity index (χ0v) is 35.8. The molecule has 5 N–H and O–H groups in total. The van der Waals surface area contributed by atoms with Gasteiger partial charge in [0.2, 0.25) is 23.6 Å². The van der Waals surface area contributed by atoms with E-state index in [1.54, 1.807) is 25.7 Å². The van der Waals surface area contributed by atoms with Crippen LogP contribution in [0.4, 0.5) is 0 Å². The second kappa shape index (κ2) is 21.2. The summed E-state index contributed by atoms with van der Waals surface area (Å²) in [5, 5.41) is 21.9. The van der Waals surface area contributed by atoms with Crippen molar-refractivity contribution in [3.63, 3.8) is 0 Å². The zero-order valence-electron chi connectivity index (χ0n) is 35.8. The monoisotopic (exact) mass is 812 g/mol. The SMILES string of the molecule is C1CCCCC1.CC.CCCC(NC(=O)C1CC2(CN1C(=O)C(NC(=O)CNC(=O)c1cnccn1)C(C)(C)C)N(CC)C(=O)C1CCCN12)C(O)C(=O)NC1CC1. The summed E-state index contributed by atoms with van der Waals surface area (Å²) in [5.41, 5.74) is -1.74. The minimum absolute atomic E-state index is 0.0242. The summed E-state index contributed by atoms with van der Waals surface area (Å²) in [6.45, 7) is 13.7. The molecule has 0 aromatic carbocycles. The first-order chi connectivity index (χ1) is 27.7. The Kier molecular flexibility index (Phi) is 17.0. The van der Waals surface area contributed by atoms with Gasteiger partial charge in [0, 0.05) is 37.9 Å². The summed E-state index contributed by atoms with van der Waals surface area (Å²) in [4.78, 5) is 94.2. The fourth-order valence-electron chi connectivity index (χ4n) is 8.60. The number of carbonyl (C=O) groups is 6. The molecular weight excluding hydrogens is 743 g/mol. The number of aliphatic hydroxyl groups excluding tert-OH is 1. The summed E-state index contributed by atoms with van der Waals surface area (Å²) >= 11 is 0. The van der Waals surface area contributed by atoms with Gasteiger partial charge in [-0.05, 0) is 44.4 Å². The third-order valence-corrected chi connectivity index (χ3v) is 11.7. The van der Waals surface area contributed by atoms with Crippen LogP contribution in [0.15, 0.2) is 18.6 Å². The van der Waals surface area contributed by atoms with E-state index in [-0.39, 0.29) is 36.7 Å². The van der Waals surface area contributed by atoms with Crippen LogP contribution in [0, 0.1) is 5.41 Å². The van der Waals surface area contributed by atoms with Gasteiger partial charge in [-0.1, -0.05) is 86.5 Å². The maximum absolute atomic E-state index is 14.7. The third kappa shape index (κ3) is 11.3. The van der Waals surface area contributed by atoms with E-state index in [9.17, 15) is 33.9 Å². The quantitative estimate of drug-likeness (QED) is 0.197. The van der Waals surface area contributed by atoms with Gasteiger partial charge in [0.05, 0.1) is 31.4 Å². The molecule has 0 bridgehead atoms. The van der Waals surface area contributed by atoms with Crippen LogP contribution < -0.4 is 21.3 Å². The number of aliphatic hydroxyl groups is 1. The van der Waals surface area contributed by atoms with E-state index >= 15 is 0 Å². The lowest BCUT2D eigenvalue weighted by Gasteiger charge is -2.40. The highest BCUT2D eigenvalue weighted by atomic mass is 16.3. The summed E-state index contributed by atoms with van der Waals surface area (Å²) in [6, 6.07) is -3.40. The molecule has 5 aliphatic rings. The number of hydrogen-bond acceptors (Lipinski definition) is 10. The Morgan fingerprint density at radius 3 is 2.16 bits per heavy atom. The molecule has 1 spiro atoms. The number of nitrogens with zero attached hydrogens (tertiary/aromatic N) is 5. The van der Waals surface area contributed by atoms with Gasteiger partial charge in [0.25, 0.3) is 11.8 Å². The summed E-state index contributed by atoms with van der Waals surface area (Å²) in [6.07, 6.45) is 15.8. The van der Waals surface area contributed by atoms with Gasteiger partial charge >= 0.3 is 0 Å². The molecule has 6 amide bonds. The lowest BCUT2D eigenvalue weighted by Crippen LogP contribution is -2.60. The maximum atomic E-state index is 14.7. The number of likely N-dealkylation sites (tertiary alicyclic amines) is 1. The van der Waals surface area contributed by atoms with Crippen molar-refractivity contribution >= 4 is 35.4 Å². The predicted molar refractivity (Wildman–Crippen MR) is 219 cm³/mol. The van der Waals surface area contributed by atoms with Gasteiger partial charge in [-0.15, -0.1) is 0 Å². The van der Waals surface area contributed by atoms with Crippen molar-refractivity contribution in [1.29, 1.82) is 0 Å². The number of nitrogens with one attached hydrogen (secondary N) is 4. The molecule has 2 saturated carbocycles. The molecule has 16 nitrogen and oxygen atoms in total. The molecule has 2 aliphatic carbocycles. The van der Waals surface area contributed by atoms with Crippen LogP contribution in [0.2, 0.25) is 0 Å². The number of hydrogen-bond donors (Lipinski definition) is 5. The van der Waals surface area contributed by atoms with Crippen molar-refractivity contribution in [1.82, 2.24) is 45.9 Å². The molecule has 4 heterocycles. The zero-order chi connectivity index (χ0) is 42.6. The summed E-state index contributed by atoms with van der Waals surface area (Å²) < 4.78 is 0. The number of carbonyl (C=O) groups excluding carboxylic acids is 6. The Hall–Kier alpha value is -4.18. The van der Waals surface area contributed by atoms with Gasteiger partial charge in [0.15, 0.2) is 6.10 Å². The van der Waals surface area contributed by atoms with Crippen molar-refractivity contribution in [2.75, 3.05) is 26.2 Å². The standard InChI is InChI=1S/C34H51N9O7.C6H12.C2H6/c1-6-9-21(26(45)30(48)38-20-11-12-20)39-29(47)24-16-34(42(7-2)31(49)23-10-8-15-43(23)34)19-41(24)32(50)27(33(3,4)5)40-25(44)18-37-28(46)22-17-35-13-14-36-22;1-2-4-6-5-3-1;1-2/h13-14,17,20-21,23-24,26-27,45H,6-12,15-16,18-19H2,1-5H3,(H,37,46)(H,38,48)(H,39,47)(H,40,44);1-6H2;1-2H3. The third-order valence-electron chi connectivity index (χ3n) is 11.7. The minimum atomic E-state index is -1.49. The molecule has 1 aromatic heterocycles. The number of fused-ring (bicyclic) bond motifs is 2. The molecule has 16 heteroatoms. The first-order valence-corrected chi connectivity index (χ1v) is 21.7. The Balaban J connectivity index is 0.000000840. The van der Waals surface area contributed by atoms with Gasteiger partial charge in [-0.25, -0.2) is 4.98 Å². The molecule has 5 fully saturated rings. The minimum Gasteiger partial charge on any atom is -0.381 e. The van der Waals surface area contributed by atoms with E-state index in [0.29, 0.717) is 32.4 Å². The van der Waals surface area contributed by atoms with Crippen LogP contribution in [-0.2, 0) is 24.0 Å². The molecular formula is C42H69N9O7. The normalized spacial score (nSPS) is 24.3.